The summed E-state index contributed by atoms with van der Waals surface area (Å²) < 4.78 is 31.4. The van der Waals surface area contributed by atoms with Crippen molar-refractivity contribution in [3.05, 3.63) is 136 Å². The molecule has 0 aromatic heterocycles. The maximum atomic E-state index is 12.2. The minimum Gasteiger partial charge on any atom is -0.494 e. The molecule has 224 valence electrons. The normalized spacial score (nSPS) is 21.8. The minimum absolute atomic E-state index is 0.309. The van der Waals surface area contributed by atoms with Crippen LogP contribution >= 0.6 is 11.6 Å². The first-order valence-electron chi connectivity index (χ1n) is 14.5. The predicted octanol–water partition coefficient (Wildman–Crippen LogP) is 7.29. The van der Waals surface area contributed by atoms with Crippen LogP contribution in [0.4, 0.5) is 0 Å². The maximum Gasteiger partial charge on any atom is 0.225 e. The molecule has 0 radical (unpaired) electrons. The number of halogens is 1. The van der Waals surface area contributed by atoms with E-state index in [2.05, 4.69) is 0 Å². The molecular formula is C36H37ClO6. The molecule has 0 amide bonds. The molecule has 0 spiro atoms. The fourth-order valence-corrected chi connectivity index (χ4v) is 5.65. The van der Waals surface area contributed by atoms with E-state index in [1.807, 2.05) is 110 Å². The summed E-state index contributed by atoms with van der Waals surface area (Å²) in [6.45, 7) is 3.23. The number of hydrogen-bond donors (Lipinski definition) is 0. The minimum atomic E-state index is -1.43. The fourth-order valence-electron chi connectivity index (χ4n) is 5.46. The van der Waals surface area contributed by atoms with Crippen LogP contribution in [-0.2, 0) is 49.2 Å². The molecule has 43 heavy (non-hydrogen) atoms. The molecule has 0 aliphatic carbocycles. The standard InChI is InChI=1S/C36H37ClO6/c1-3-40-31-17-14-26(15-18-31)20-29-21-30(16-19-33(29)37)36(39-2)35(42-25-28-12-8-5-9-13-28)34(22-32(23-38)43-36)41-24-27-10-6-4-7-11-27/h4-19,21,23,32,34-35H,3,20,22,24-25H2,1-2H3/t32?,34?,35-,36?/m1/s1. The van der Waals surface area contributed by atoms with Crippen molar-refractivity contribution in [2.45, 2.75) is 57.1 Å². The van der Waals surface area contributed by atoms with E-state index < -0.39 is 24.1 Å². The Morgan fingerprint density at radius 2 is 1.51 bits per heavy atom. The van der Waals surface area contributed by atoms with Gasteiger partial charge in [0, 0.05) is 24.1 Å². The van der Waals surface area contributed by atoms with Crippen molar-refractivity contribution in [2.75, 3.05) is 13.7 Å². The van der Waals surface area contributed by atoms with E-state index in [0.717, 1.165) is 34.3 Å². The largest absolute Gasteiger partial charge is 0.494 e. The quantitative estimate of drug-likeness (QED) is 0.150. The van der Waals surface area contributed by atoms with Crippen molar-refractivity contribution in [3.63, 3.8) is 0 Å². The van der Waals surface area contributed by atoms with Gasteiger partial charge in [-0.2, -0.15) is 0 Å². The van der Waals surface area contributed by atoms with Crippen molar-refractivity contribution in [3.8, 4) is 5.75 Å². The first-order valence-corrected chi connectivity index (χ1v) is 14.9. The summed E-state index contributed by atoms with van der Waals surface area (Å²) in [7, 11) is 1.57. The van der Waals surface area contributed by atoms with Gasteiger partial charge in [-0.05, 0) is 59.9 Å². The van der Waals surface area contributed by atoms with E-state index in [9.17, 15) is 4.79 Å². The van der Waals surface area contributed by atoms with Crippen LogP contribution in [-0.4, -0.2) is 38.3 Å². The van der Waals surface area contributed by atoms with Gasteiger partial charge in [-0.15, -0.1) is 0 Å². The van der Waals surface area contributed by atoms with Gasteiger partial charge in [0.1, 0.15) is 24.2 Å². The second-order valence-corrected chi connectivity index (χ2v) is 10.9. The third-order valence-electron chi connectivity index (χ3n) is 7.61. The maximum absolute atomic E-state index is 12.2. The van der Waals surface area contributed by atoms with Crippen molar-refractivity contribution in [1.82, 2.24) is 0 Å². The van der Waals surface area contributed by atoms with Crippen LogP contribution in [0.15, 0.2) is 103 Å². The second kappa shape index (κ2) is 14.8. The molecule has 1 saturated heterocycles. The van der Waals surface area contributed by atoms with E-state index in [-0.39, 0.29) is 0 Å². The predicted molar refractivity (Wildman–Crippen MR) is 166 cm³/mol. The highest BCUT2D eigenvalue weighted by molar-refractivity contribution is 6.31. The lowest BCUT2D eigenvalue weighted by Crippen LogP contribution is -2.59. The Morgan fingerprint density at radius 1 is 0.860 bits per heavy atom. The zero-order chi connectivity index (χ0) is 30.1. The molecule has 5 rings (SSSR count). The molecule has 1 fully saturated rings. The first kappa shape index (κ1) is 30.9. The Morgan fingerprint density at radius 3 is 2.12 bits per heavy atom. The van der Waals surface area contributed by atoms with E-state index in [1.165, 1.54) is 0 Å². The van der Waals surface area contributed by atoms with Crippen molar-refractivity contribution >= 4 is 17.9 Å². The Bertz CT molecular complexity index is 1450. The van der Waals surface area contributed by atoms with Gasteiger partial charge in [-0.1, -0.05) is 90.5 Å². The zero-order valence-corrected chi connectivity index (χ0v) is 25.2. The van der Waals surface area contributed by atoms with Gasteiger partial charge in [-0.25, -0.2) is 0 Å². The molecular weight excluding hydrogens is 564 g/mol. The Balaban J connectivity index is 1.50. The molecule has 1 heterocycles. The Kier molecular flexibility index (Phi) is 10.6. The number of aldehydes is 1. The highest BCUT2D eigenvalue weighted by Crippen LogP contribution is 2.43. The average Bonchev–Trinajstić information content (AvgIpc) is 3.05. The van der Waals surface area contributed by atoms with Gasteiger partial charge in [0.25, 0.3) is 0 Å². The SMILES string of the molecule is CCOc1ccc(Cc2cc(C3(OC)OC(C=O)CC(OCc4ccccc4)[C@H]3OCc3ccccc3)ccc2Cl)cc1. The number of hydrogen-bond acceptors (Lipinski definition) is 6. The number of benzene rings is 4. The molecule has 0 saturated carbocycles. The van der Waals surface area contributed by atoms with Crippen molar-refractivity contribution < 1.29 is 28.5 Å². The Hall–Kier alpha value is -3.52. The lowest BCUT2D eigenvalue weighted by atomic mass is 9.88. The third-order valence-corrected chi connectivity index (χ3v) is 7.98. The topological polar surface area (TPSA) is 63.2 Å². The van der Waals surface area contributed by atoms with Gasteiger partial charge >= 0.3 is 0 Å². The van der Waals surface area contributed by atoms with E-state index >= 15 is 0 Å². The summed E-state index contributed by atoms with van der Waals surface area (Å²) in [5.74, 6) is -0.613. The highest BCUT2D eigenvalue weighted by Gasteiger charge is 2.54. The summed E-state index contributed by atoms with van der Waals surface area (Å²) >= 11 is 6.72. The van der Waals surface area contributed by atoms with Crippen molar-refractivity contribution in [1.29, 1.82) is 0 Å². The molecule has 4 aromatic rings. The first-order chi connectivity index (χ1) is 21.0. The zero-order valence-electron chi connectivity index (χ0n) is 24.5. The van der Waals surface area contributed by atoms with Crippen molar-refractivity contribution in [2.24, 2.45) is 0 Å². The van der Waals surface area contributed by atoms with Crippen LogP contribution in [0.5, 0.6) is 5.75 Å². The van der Waals surface area contributed by atoms with Crippen LogP contribution in [0.3, 0.4) is 0 Å². The van der Waals surface area contributed by atoms with E-state index in [1.54, 1.807) is 7.11 Å². The Labute approximate surface area is 258 Å². The van der Waals surface area contributed by atoms with Crippen LogP contribution in [0.1, 0.15) is 41.2 Å². The summed E-state index contributed by atoms with van der Waals surface area (Å²) in [5.41, 5.74) is 4.67. The summed E-state index contributed by atoms with van der Waals surface area (Å²) in [6, 6.07) is 33.5. The molecule has 3 unspecified atom stereocenters. The number of ether oxygens (including phenoxy) is 5. The fraction of sp³-hybridized carbons (Fsp3) is 0.306. The number of carbonyl (C=O) groups excluding carboxylic acids is 1. The summed E-state index contributed by atoms with van der Waals surface area (Å²) in [4.78, 5) is 12.2. The molecule has 6 nitrogen and oxygen atoms in total. The van der Waals surface area contributed by atoms with Crippen LogP contribution in [0.2, 0.25) is 5.02 Å². The smallest absolute Gasteiger partial charge is 0.225 e. The van der Waals surface area contributed by atoms with Gasteiger partial charge < -0.3 is 28.5 Å². The summed E-state index contributed by atoms with van der Waals surface area (Å²) in [5, 5.41) is 0.616. The molecule has 0 N–H and O–H groups in total. The van der Waals surface area contributed by atoms with Gasteiger partial charge in [0.2, 0.25) is 5.79 Å². The lowest BCUT2D eigenvalue weighted by Gasteiger charge is -2.48. The third kappa shape index (κ3) is 7.53. The van der Waals surface area contributed by atoms with Gasteiger partial charge in [0.05, 0.1) is 25.9 Å². The van der Waals surface area contributed by atoms with Crippen LogP contribution in [0, 0.1) is 0 Å². The van der Waals surface area contributed by atoms with Crippen LogP contribution < -0.4 is 4.74 Å². The summed E-state index contributed by atoms with van der Waals surface area (Å²) in [6.07, 6.45) is -0.248. The molecule has 1 aliphatic heterocycles. The second-order valence-electron chi connectivity index (χ2n) is 10.5. The van der Waals surface area contributed by atoms with E-state index in [4.69, 9.17) is 35.3 Å². The van der Waals surface area contributed by atoms with Gasteiger partial charge in [-0.3, -0.25) is 0 Å². The number of methoxy groups -OCH3 is 1. The number of carbonyl (C=O) groups is 1. The molecule has 0 bridgehead atoms. The van der Waals surface area contributed by atoms with Crippen LogP contribution in [0.25, 0.3) is 0 Å². The monoisotopic (exact) mass is 600 g/mol. The average molecular weight is 601 g/mol. The van der Waals surface area contributed by atoms with E-state index in [0.29, 0.717) is 43.2 Å². The lowest BCUT2D eigenvalue weighted by molar-refractivity contribution is -0.349. The molecule has 4 aromatic carbocycles. The molecule has 7 heteroatoms. The molecule has 1 aliphatic rings. The number of rotatable bonds is 13. The van der Waals surface area contributed by atoms with Gasteiger partial charge in [0.15, 0.2) is 0 Å². The molecule has 4 atom stereocenters. The highest BCUT2D eigenvalue weighted by atomic mass is 35.5.